The van der Waals surface area contributed by atoms with E-state index in [4.69, 9.17) is 0 Å². The van der Waals surface area contributed by atoms with E-state index in [1.165, 1.54) is 6.92 Å². The molecule has 0 fully saturated rings. The summed E-state index contributed by atoms with van der Waals surface area (Å²) in [5, 5.41) is 17.2. The second kappa shape index (κ2) is 7.56. The first-order valence-electron chi connectivity index (χ1n) is 8.01. The zero-order chi connectivity index (χ0) is 18.5. The lowest BCUT2D eigenvalue weighted by molar-refractivity contribution is -0.114. The van der Waals surface area contributed by atoms with E-state index in [9.17, 15) is 9.59 Å². The van der Waals surface area contributed by atoms with Crippen molar-refractivity contribution in [2.75, 3.05) is 17.2 Å². The Labute approximate surface area is 150 Å². The van der Waals surface area contributed by atoms with Crippen LogP contribution >= 0.6 is 0 Å². The number of carbonyl (C=O) groups is 2. The quantitative estimate of drug-likeness (QED) is 0.660. The van der Waals surface area contributed by atoms with Crippen LogP contribution in [-0.4, -0.2) is 38.4 Å². The van der Waals surface area contributed by atoms with Crippen LogP contribution < -0.4 is 10.6 Å². The van der Waals surface area contributed by atoms with Crippen molar-refractivity contribution in [1.29, 1.82) is 0 Å². The van der Waals surface area contributed by atoms with Gasteiger partial charge in [0.25, 0.3) is 0 Å². The lowest BCUT2D eigenvalue weighted by Gasteiger charge is -2.11. The Kier molecular flexibility index (Phi) is 5.02. The number of amides is 1. The Morgan fingerprint density at radius 2 is 1.92 bits per heavy atom. The Morgan fingerprint density at radius 3 is 2.65 bits per heavy atom. The number of Topliss-reactive ketones (excluding diaryl/α,β-unsaturated/α-hetero) is 1. The minimum atomic E-state index is -0.246. The van der Waals surface area contributed by atoms with Crippen molar-refractivity contribution >= 4 is 23.1 Å². The minimum Gasteiger partial charge on any atom is -0.376 e. The van der Waals surface area contributed by atoms with Crippen molar-refractivity contribution in [2.45, 2.75) is 6.92 Å². The van der Waals surface area contributed by atoms with E-state index >= 15 is 0 Å². The molecule has 1 aromatic heterocycles. The standard InChI is InChI=1S/C18H18N6O2/c1-12(25)15-8-3-4-9-16(15)20-17(26)11-19-14-7-5-6-13(10-14)18-21-22-23-24(18)2/h3-10,19H,11H2,1-2H3,(H,20,26). The van der Waals surface area contributed by atoms with Crippen molar-refractivity contribution in [3.63, 3.8) is 0 Å². The molecule has 0 unspecified atom stereocenters. The van der Waals surface area contributed by atoms with E-state index in [0.717, 1.165) is 11.3 Å². The maximum Gasteiger partial charge on any atom is 0.243 e. The van der Waals surface area contributed by atoms with Gasteiger partial charge in [-0.2, -0.15) is 0 Å². The fourth-order valence-electron chi connectivity index (χ4n) is 2.52. The van der Waals surface area contributed by atoms with Crippen molar-refractivity contribution in [1.82, 2.24) is 20.2 Å². The van der Waals surface area contributed by atoms with E-state index in [1.807, 2.05) is 24.3 Å². The number of para-hydroxylation sites is 1. The Morgan fingerprint density at radius 1 is 1.12 bits per heavy atom. The average molecular weight is 350 g/mol. The van der Waals surface area contributed by atoms with Gasteiger partial charge in [0, 0.05) is 23.9 Å². The van der Waals surface area contributed by atoms with Gasteiger partial charge >= 0.3 is 0 Å². The van der Waals surface area contributed by atoms with E-state index < -0.39 is 0 Å². The van der Waals surface area contributed by atoms with Gasteiger partial charge in [-0.3, -0.25) is 9.59 Å². The van der Waals surface area contributed by atoms with E-state index in [0.29, 0.717) is 17.1 Å². The number of hydrogen-bond donors (Lipinski definition) is 2. The first-order valence-corrected chi connectivity index (χ1v) is 8.01. The molecule has 26 heavy (non-hydrogen) atoms. The Bertz CT molecular complexity index is 950. The largest absolute Gasteiger partial charge is 0.376 e. The molecule has 2 aromatic carbocycles. The number of carbonyl (C=O) groups excluding carboxylic acids is 2. The van der Waals surface area contributed by atoms with Gasteiger partial charge in [0.15, 0.2) is 11.6 Å². The Hall–Kier alpha value is -3.55. The SMILES string of the molecule is CC(=O)c1ccccc1NC(=O)CNc1cccc(-c2nnnn2C)c1. The van der Waals surface area contributed by atoms with Crippen molar-refractivity contribution in [2.24, 2.45) is 7.05 Å². The van der Waals surface area contributed by atoms with Crippen LogP contribution in [0.2, 0.25) is 0 Å². The van der Waals surface area contributed by atoms with Gasteiger partial charge in [-0.05, 0) is 41.6 Å². The first kappa shape index (κ1) is 17.3. The first-order chi connectivity index (χ1) is 12.5. The summed E-state index contributed by atoms with van der Waals surface area (Å²) in [6.07, 6.45) is 0. The number of nitrogens with one attached hydrogen (secondary N) is 2. The number of rotatable bonds is 6. The van der Waals surface area contributed by atoms with Crippen molar-refractivity contribution < 1.29 is 9.59 Å². The third kappa shape index (κ3) is 3.92. The fraction of sp³-hybridized carbons (Fsp3) is 0.167. The highest BCUT2D eigenvalue weighted by Gasteiger charge is 2.10. The Balaban J connectivity index is 1.66. The molecule has 1 amide bonds. The molecular formula is C18H18N6O2. The molecule has 0 bridgehead atoms. The topological polar surface area (TPSA) is 102 Å². The van der Waals surface area contributed by atoms with Gasteiger partial charge in [0.2, 0.25) is 5.91 Å². The molecule has 0 aliphatic carbocycles. The van der Waals surface area contributed by atoms with Gasteiger partial charge in [0.1, 0.15) is 0 Å². The highest BCUT2D eigenvalue weighted by Crippen LogP contribution is 2.19. The fourth-order valence-corrected chi connectivity index (χ4v) is 2.52. The molecule has 0 spiro atoms. The second-order valence-corrected chi connectivity index (χ2v) is 5.71. The number of aromatic nitrogens is 4. The summed E-state index contributed by atoms with van der Waals surface area (Å²) >= 11 is 0. The molecule has 1 heterocycles. The molecule has 0 radical (unpaired) electrons. The zero-order valence-electron chi connectivity index (χ0n) is 14.4. The lowest BCUT2D eigenvalue weighted by Crippen LogP contribution is -2.22. The number of aryl methyl sites for hydroxylation is 1. The van der Waals surface area contributed by atoms with Crippen molar-refractivity contribution in [3.05, 3.63) is 54.1 Å². The highest BCUT2D eigenvalue weighted by molar-refractivity contribution is 6.04. The molecule has 3 rings (SSSR count). The van der Waals surface area contributed by atoms with E-state index in [-0.39, 0.29) is 18.2 Å². The summed E-state index contributed by atoms with van der Waals surface area (Å²) in [6.45, 7) is 1.53. The number of anilines is 2. The molecular weight excluding hydrogens is 332 g/mol. The summed E-state index contributed by atoms with van der Waals surface area (Å²) < 4.78 is 1.57. The number of hydrogen-bond acceptors (Lipinski definition) is 6. The van der Waals surface area contributed by atoms with Gasteiger partial charge in [-0.15, -0.1) is 5.10 Å². The molecule has 2 N–H and O–H groups in total. The number of benzene rings is 2. The van der Waals surface area contributed by atoms with Gasteiger partial charge in [-0.25, -0.2) is 4.68 Å². The summed E-state index contributed by atoms with van der Waals surface area (Å²) in [5.41, 5.74) is 2.59. The van der Waals surface area contributed by atoms with Crippen LogP contribution in [0.25, 0.3) is 11.4 Å². The second-order valence-electron chi connectivity index (χ2n) is 5.71. The minimum absolute atomic E-state index is 0.0623. The predicted octanol–water partition coefficient (Wildman–Crippen LogP) is 2.13. The van der Waals surface area contributed by atoms with Gasteiger partial charge < -0.3 is 10.6 Å². The van der Waals surface area contributed by atoms with E-state index in [1.54, 1.807) is 36.0 Å². The highest BCUT2D eigenvalue weighted by atomic mass is 16.2. The maximum atomic E-state index is 12.2. The summed E-state index contributed by atoms with van der Waals surface area (Å²) in [5.74, 6) is 0.289. The third-order valence-corrected chi connectivity index (χ3v) is 3.77. The number of tetrazole rings is 1. The molecule has 8 nitrogen and oxygen atoms in total. The molecule has 132 valence electrons. The summed E-state index contributed by atoms with van der Waals surface area (Å²) in [7, 11) is 1.76. The molecule has 3 aromatic rings. The molecule has 0 atom stereocenters. The maximum absolute atomic E-state index is 12.2. The smallest absolute Gasteiger partial charge is 0.243 e. The van der Waals surface area contributed by atoms with Gasteiger partial charge in [0.05, 0.1) is 12.2 Å². The van der Waals surface area contributed by atoms with Crippen LogP contribution in [0, 0.1) is 0 Å². The molecule has 0 aliphatic rings. The molecule has 8 heteroatoms. The van der Waals surface area contributed by atoms with Crippen LogP contribution in [0.4, 0.5) is 11.4 Å². The number of nitrogens with zero attached hydrogens (tertiary/aromatic N) is 4. The van der Waals surface area contributed by atoms with Crippen LogP contribution in [-0.2, 0) is 11.8 Å². The average Bonchev–Trinajstić information content (AvgIpc) is 3.06. The molecule has 0 saturated heterocycles. The predicted molar refractivity (Wildman–Crippen MR) is 97.8 cm³/mol. The van der Waals surface area contributed by atoms with E-state index in [2.05, 4.69) is 26.2 Å². The van der Waals surface area contributed by atoms with Gasteiger partial charge in [-0.1, -0.05) is 24.3 Å². The van der Waals surface area contributed by atoms with Crippen molar-refractivity contribution in [3.8, 4) is 11.4 Å². The third-order valence-electron chi connectivity index (χ3n) is 3.77. The lowest BCUT2D eigenvalue weighted by atomic mass is 10.1. The van der Waals surface area contributed by atoms with Crippen LogP contribution in [0.3, 0.4) is 0 Å². The van der Waals surface area contributed by atoms with Crippen LogP contribution in [0.1, 0.15) is 17.3 Å². The zero-order valence-corrected chi connectivity index (χ0v) is 14.4. The number of ketones is 1. The summed E-state index contributed by atoms with van der Waals surface area (Å²) in [6, 6.07) is 14.4. The molecule has 0 saturated carbocycles. The van der Waals surface area contributed by atoms with Crippen LogP contribution in [0.5, 0.6) is 0 Å². The summed E-state index contributed by atoms with van der Waals surface area (Å²) in [4.78, 5) is 23.8. The molecule has 0 aliphatic heterocycles. The monoisotopic (exact) mass is 350 g/mol. The normalized spacial score (nSPS) is 10.4. The van der Waals surface area contributed by atoms with Crippen LogP contribution in [0.15, 0.2) is 48.5 Å².